The predicted molar refractivity (Wildman–Crippen MR) is 50.5 cm³/mol. The Morgan fingerprint density at radius 3 is 2.92 bits per heavy atom. The highest BCUT2D eigenvalue weighted by atomic mass is 79.9. The molecule has 12 heavy (non-hydrogen) atoms. The second kappa shape index (κ2) is 4.00. The lowest BCUT2D eigenvalue weighted by Crippen LogP contribution is -2.04. The van der Waals surface area contributed by atoms with Crippen LogP contribution in [-0.4, -0.2) is 18.1 Å². The standard InChI is InChI=1S/C7H8BrNO2S/c1-3-4-5(6(10)11-2)9-7(8)12-4/h3H2,1-2H3. The van der Waals surface area contributed by atoms with Crippen LogP contribution in [0.2, 0.25) is 0 Å². The van der Waals surface area contributed by atoms with Gasteiger partial charge in [-0.1, -0.05) is 6.92 Å². The molecule has 0 amide bonds. The molecule has 0 unspecified atom stereocenters. The molecule has 0 fully saturated rings. The Labute approximate surface area is 82.9 Å². The second-order valence-corrected chi connectivity index (χ2v) is 4.44. The molecule has 0 aliphatic heterocycles. The molecule has 0 aliphatic carbocycles. The van der Waals surface area contributed by atoms with Crippen molar-refractivity contribution in [2.75, 3.05) is 7.11 Å². The molecule has 5 heteroatoms. The zero-order valence-electron chi connectivity index (χ0n) is 6.76. The monoisotopic (exact) mass is 249 g/mol. The van der Waals surface area contributed by atoms with Crippen LogP contribution in [0.5, 0.6) is 0 Å². The van der Waals surface area contributed by atoms with Crippen molar-refractivity contribution in [3.8, 4) is 0 Å². The van der Waals surface area contributed by atoms with Gasteiger partial charge < -0.3 is 4.74 Å². The average Bonchev–Trinajstić information content (AvgIpc) is 2.45. The van der Waals surface area contributed by atoms with Crippen LogP contribution in [-0.2, 0) is 11.2 Å². The SMILES string of the molecule is CCc1sc(Br)nc1C(=O)OC. The number of carbonyl (C=O) groups is 1. The first kappa shape index (κ1) is 9.67. The molecule has 0 aromatic carbocycles. The Balaban J connectivity index is 3.04. The molecule has 1 heterocycles. The van der Waals surface area contributed by atoms with E-state index in [4.69, 9.17) is 0 Å². The summed E-state index contributed by atoms with van der Waals surface area (Å²) in [7, 11) is 1.36. The van der Waals surface area contributed by atoms with Crippen molar-refractivity contribution < 1.29 is 9.53 Å². The number of hydrogen-bond donors (Lipinski definition) is 0. The maximum absolute atomic E-state index is 11.1. The highest BCUT2D eigenvalue weighted by molar-refractivity contribution is 9.11. The van der Waals surface area contributed by atoms with E-state index in [2.05, 4.69) is 25.7 Å². The van der Waals surface area contributed by atoms with E-state index in [9.17, 15) is 4.79 Å². The minimum atomic E-state index is -0.367. The number of aromatic nitrogens is 1. The van der Waals surface area contributed by atoms with Crippen LogP contribution in [0.15, 0.2) is 3.92 Å². The number of ether oxygens (including phenoxy) is 1. The molecule has 0 atom stereocenters. The first-order valence-electron chi connectivity index (χ1n) is 3.42. The van der Waals surface area contributed by atoms with Gasteiger partial charge in [0, 0.05) is 4.88 Å². The van der Waals surface area contributed by atoms with Crippen molar-refractivity contribution in [3.63, 3.8) is 0 Å². The molecule has 1 aromatic heterocycles. The van der Waals surface area contributed by atoms with Gasteiger partial charge in [-0.2, -0.15) is 0 Å². The lowest BCUT2D eigenvalue weighted by atomic mass is 10.3. The normalized spacial score (nSPS) is 9.92. The summed E-state index contributed by atoms with van der Waals surface area (Å²) in [4.78, 5) is 16.1. The van der Waals surface area contributed by atoms with Gasteiger partial charge in [-0.05, 0) is 22.4 Å². The second-order valence-electron chi connectivity index (χ2n) is 2.08. The molecule has 0 spiro atoms. The number of hydrogen-bond acceptors (Lipinski definition) is 4. The number of halogens is 1. The minimum absolute atomic E-state index is 0.367. The number of rotatable bonds is 2. The van der Waals surface area contributed by atoms with E-state index < -0.39 is 0 Å². The molecule has 0 saturated heterocycles. The highest BCUT2D eigenvalue weighted by Gasteiger charge is 2.15. The zero-order valence-corrected chi connectivity index (χ0v) is 9.16. The number of methoxy groups -OCH3 is 1. The number of carbonyl (C=O) groups excluding carboxylic acids is 1. The fourth-order valence-corrected chi connectivity index (χ4v) is 2.29. The van der Waals surface area contributed by atoms with Crippen molar-refractivity contribution in [2.45, 2.75) is 13.3 Å². The fraction of sp³-hybridized carbons (Fsp3) is 0.429. The maximum atomic E-state index is 11.1. The molecule has 0 N–H and O–H groups in total. The molecule has 66 valence electrons. The predicted octanol–water partition coefficient (Wildman–Crippen LogP) is 2.25. The van der Waals surface area contributed by atoms with E-state index in [0.717, 1.165) is 15.2 Å². The molecule has 0 saturated carbocycles. The van der Waals surface area contributed by atoms with Gasteiger partial charge in [0.05, 0.1) is 7.11 Å². The molecule has 1 rings (SSSR count). The van der Waals surface area contributed by atoms with Crippen LogP contribution in [0.25, 0.3) is 0 Å². The number of aryl methyl sites for hydroxylation is 1. The van der Waals surface area contributed by atoms with Crippen LogP contribution in [0, 0.1) is 0 Å². The number of esters is 1. The summed E-state index contributed by atoms with van der Waals surface area (Å²) in [5, 5.41) is 0. The average molecular weight is 250 g/mol. The quantitative estimate of drug-likeness (QED) is 0.755. The molecule has 0 bridgehead atoms. The van der Waals surface area contributed by atoms with Crippen molar-refractivity contribution in [2.24, 2.45) is 0 Å². The van der Waals surface area contributed by atoms with E-state index in [1.54, 1.807) is 0 Å². The molecular weight excluding hydrogens is 242 g/mol. The summed E-state index contributed by atoms with van der Waals surface area (Å²) >= 11 is 4.68. The van der Waals surface area contributed by atoms with Crippen LogP contribution < -0.4 is 0 Å². The minimum Gasteiger partial charge on any atom is -0.464 e. The van der Waals surface area contributed by atoms with E-state index in [-0.39, 0.29) is 5.97 Å². The molecule has 3 nitrogen and oxygen atoms in total. The highest BCUT2D eigenvalue weighted by Crippen LogP contribution is 2.23. The van der Waals surface area contributed by atoms with Crippen molar-refractivity contribution in [3.05, 3.63) is 14.5 Å². The van der Waals surface area contributed by atoms with Gasteiger partial charge in [-0.15, -0.1) is 11.3 Å². The van der Waals surface area contributed by atoms with Crippen LogP contribution in [0.4, 0.5) is 0 Å². The first-order chi connectivity index (χ1) is 5.69. The Morgan fingerprint density at radius 1 is 1.75 bits per heavy atom. The van der Waals surface area contributed by atoms with E-state index in [1.165, 1.54) is 18.4 Å². The Hall–Kier alpha value is -0.420. The smallest absolute Gasteiger partial charge is 0.357 e. The first-order valence-corrected chi connectivity index (χ1v) is 5.03. The summed E-state index contributed by atoms with van der Waals surface area (Å²) in [5.41, 5.74) is 0.428. The number of nitrogens with zero attached hydrogens (tertiary/aromatic N) is 1. The van der Waals surface area contributed by atoms with E-state index in [1.807, 2.05) is 6.92 Å². The van der Waals surface area contributed by atoms with Crippen LogP contribution in [0.1, 0.15) is 22.3 Å². The fourth-order valence-electron chi connectivity index (χ4n) is 0.819. The number of thiazole rings is 1. The zero-order chi connectivity index (χ0) is 9.14. The lowest BCUT2D eigenvalue weighted by Gasteiger charge is -1.95. The summed E-state index contributed by atoms with van der Waals surface area (Å²) < 4.78 is 5.30. The van der Waals surface area contributed by atoms with E-state index in [0.29, 0.717) is 5.69 Å². The van der Waals surface area contributed by atoms with Crippen molar-refractivity contribution in [1.82, 2.24) is 4.98 Å². The summed E-state index contributed by atoms with van der Waals surface area (Å²) in [6.45, 7) is 1.98. The Bertz CT molecular complexity index is 298. The van der Waals surface area contributed by atoms with Gasteiger partial charge in [0.25, 0.3) is 0 Å². The lowest BCUT2D eigenvalue weighted by molar-refractivity contribution is 0.0593. The summed E-state index contributed by atoms with van der Waals surface area (Å²) in [6, 6.07) is 0. The van der Waals surface area contributed by atoms with Gasteiger partial charge in [-0.25, -0.2) is 9.78 Å². The molecular formula is C7H8BrNO2S. The van der Waals surface area contributed by atoms with Gasteiger partial charge in [-0.3, -0.25) is 0 Å². The van der Waals surface area contributed by atoms with Crippen LogP contribution >= 0.6 is 27.3 Å². The molecule has 0 aliphatic rings. The Morgan fingerprint density at radius 2 is 2.42 bits per heavy atom. The third-order valence-electron chi connectivity index (χ3n) is 1.37. The van der Waals surface area contributed by atoms with Gasteiger partial charge in [0.15, 0.2) is 9.61 Å². The summed E-state index contributed by atoms with van der Waals surface area (Å²) in [5.74, 6) is -0.367. The van der Waals surface area contributed by atoms with Crippen LogP contribution in [0.3, 0.4) is 0 Å². The van der Waals surface area contributed by atoms with Gasteiger partial charge in [0.2, 0.25) is 0 Å². The topological polar surface area (TPSA) is 39.2 Å². The van der Waals surface area contributed by atoms with Crippen molar-refractivity contribution in [1.29, 1.82) is 0 Å². The third-order valence-corrected chi connectivity index (χ3v) is 3.02. The summed E-state index contributed by atoms with van der Waals surface area (Å²) in [6.07, 6.45) is 0.799. The Kier molecular flexibility index (Phi) is 3.22. The van der Waals surface area contributed by atoms with Crippen molar-refractivity contribution >= 4 is 33.2 Å². The molecule has 0 radical (unpaired) electrons. The molecule has 1 aromatic rings. The van der Waals surface area contributed by atoms with Gasteiger partial charge >= 0.3 is 5.97 Å². The van der Waals surface area contributed by atoms with Gasteiger partial charge in [0.1, 0.15) is 0 Å². The third kappa shape index (κ3) is 1.84. The largest absolute Gasteiger partial charge is 0.464 e. The maximum Gasteiger partial charge on any atom is 0.357 e. The van der Waals surface area contributed by atoms with E-state index >= 15 is 0 Å².